The molecule has 1 saturated heterocycles. The van der Waals surface area contributed by atoms with Crippen LogP contribution in [0.4, 0.5) is 4.79 Å². The van der Waals surface area contributed by atoms with Crippen LogP contribution in [0.3, 0.4) is 0 Å². The molecule has 1 aliphatic carbocycles. The molecule has 2 fully saturated rings. The van der Waals surface area contributed by atoms with Crippen molar-refractivity contribution >= 4 is 31.6 Å². The molecule has 1 aliphatic heterocycles. The number of unbranched alkanes of at least 4 members (excludes halogenated alkanes) is 30. The Hall–Kier alpha value is -3.79. The summed E-state index contributed by atoms with van der Waals surface area (Å²) in [6, 6.07) is -2.26. The maximum absolute atomic E-state index is 14.8. The zero-order chi connectivity index (χ0) is 73.0. The van der Waals surface area contributed by atoms with E-state index in [1.54, 1.807) is 20.1 Å². The highest BCUT2D eigenvalue weighted by atomic mass is 31.2. The average molecular weight is 1440 g/mol. The van der Waals surface area contributed by atoms with Gasteiger partial charge in [0.15, 0.2) is 6.10 Å². The molecule has 100 heavy (non-hydrogen) atoms. The maximum Gasteiger partial charge on any atom is 0.509 e. The van der Waals surface area contributed by atoms with Crippen molar-refractivity contribution in [2.24, 2.45) is 0 Å². The quantitative estimate of drug-likeness (QED) is 0.00843. The highest BCUT2D eigenvalue weighted by molar-refractivity contribution is 7.48. The molecule has 21 heteroatoms. The fourth-order valence-electron chi connectivity index (χ4n) is 12.7. The van der Waals surface area contributed by atoms with E-state index >= 15 is 0 Å². The summed E-state index contributed by atoms with van der Waals surface area (Å²) in [5.41, 5.74) is 0. The molecule has 1 saturated carbocycles. The van der Waals surface area contributed by atoms with Gasteiger partial charge in [-0.05, 0) is 64.7 Å². The number of hydrogen-bond acceptors (Lipinski definition) is 18. The predicted molar refractivity (Wildman–Crippen MR) is 398 cm³/mol. The molecule has 20 nitrogen and oxygen atoms in total. The molecule has 2 aliphatic rings. The number of methoxy groups -OCH3 is 2. The highest BCUT2D eigenvalue weighted by Crippen LogP contribution is 2.53. The van der Waals surface area contributed by atoms with Crippen molar-refractivity contribution in [3.63, 3.8) is 0 Å². The number of phosphoric acid groups is 1. The summed E-state index contributed by atoms with van der Waals surface area (Å²) < 4.78 is 83.1. The first kappa shape index (κ1) is 92.3. The van der Waals surface area contributed by atoms with Crippen LogP contribution in [0, 0.1) is 0 Å². The molecule has 1 heterocycles. The second-order valence-electron chi connectivity index (χ2n) is 27.0. The second-order valence-corrected chi connectivity index (χ2v) is 28.7. The van der Waals surface area contributed by atoms with Crippen molar-refractivity contribution in [2.45, 2.75) is 365 Å². The van der Waals surface area contributed by atoms with Gasteiger partial charge >= 0.3 is 14.0 Å². The van der Waals surface area contributed by atoms with E-state index in [2.05, 4.69) is 70.2 Å². The molecule has 11 atom stereocenters. The first-order valence-corrected chi connectivity index (χ1v) is 40.8. The molecule has 6 unspecified atom stereocenters. The number of amides is 2. The second kappa shape index (κ2) is 62.6. The van der Waals surface area contributed by atoms with E-state index in [4.69, 9.17) is 61.2 Å². The summed E-state index contributed by atoms with van der Waals surface area (Å²) in [6.45, 7) is 21.3. The van der Waals surface area contributed by atoms with Gasteiger partial charge in [-0.25, -0.2) is 19.1 Å². The van der Waals surface area contributed by atoms with Gasteiger partial charge in [0, 0.05) is 46.7 Å². The Kier molecular flexibility index (Phi) is 57.8. The Morgan fingerprint density at radius 1 is 0.540 bits per heavy atom. The number of Topliss-reactive ketones (excluding diaryl/α,β-unsaturated/α-hetero) is 1. The van der Waals surface area contributed by atoms with E-state index in [1.807, 2.05) is 0 Å². The van der Waals surface area contributed by atoms with Crippen molar-refractivity contribution in [1.82, 2.24) is 10.6 Å². The topological polar surface area (TPSA) is 229 Å². The van der Waals surface area contributed by atoms with E-state index in [0.29, 0.717) is 25.7 Å². The fourth-order valence-corrected chi connectivity index (χ4v) is 14.0. The summed E-state index contributed by atoms with van der Waals surface area (Å²) in [5, 5.41) is 6.25. The zero-order valence-corrected chi connectivity index (χ0v) is 64.4. The van der Waals surface area contributed by atoms with E-state index in [1.165, 1.54) is 102 Å². The van der Waals surface area contributed by atoms with E-state index in [0.717, 1.165) is 141 Å². The van der Waals surface area contributed by atoms with Gasteiger partial charge < -0.3 is 48.5 Å². The number of rotatable bonds is 68. The average Bonchev–Trinajstić information content (AvgIpc) is 0.784. The van der Waals surface area contributed by atoms with E-state index in [-0.39, 0.29) is 83.1 Å². The molecule has 2 rings (SSSR count). The smallest absolute Gasteiger partial charge is 0.496 e. The van der Waals surface area contributed by atoms with Gasteiger partial charge in [-0.15, -0.1) is 13.2 Å². The van der Waals surface area contributed by atoms with Crippen LogP contribution in [-0.4, -0.2) is 145 Å². The predicted octanol–water partition coefficient (Wildman–Crippen LogP) is 19.2. The summed E-state index contributed by atoms with van der Waals surface area (Å²) >= 11 is 0. The summed E-state index contributed by atoms with van der Waals surface area (Å²) in [4.78, 5) is 69.3. The number of phosphoric ester groups is 1. The number of nitrogens with one attached hydrogen (secondary N) is 2. The SMILES string of the molecule is C=CCOC(=O)O[C@@H]1C(OOC2OC(COC)[C@@H](OP(=O)(OCC=C)OCC=C)C(OCCC(CCCCCCC)OC)[C@H]2NC(=O)CCCCCCCCC/C=C\CCCCCC)C[C@H](O/C=C\C)[C@H](NC(=O)CC(=O)CCCCCCCCCCC)C1OCCCCCCCCCC. The Labute approximate surface area is 605 Å². The minimum atomic E-state index is -4.50. The van der Waals surface area contributed by atoms with Gasteiger partial charge in [-0.3, -0.25) is 28.0 Å². The summed E-state index contributed by atoms with van der Waals surface area (Å²) in [5.74, 6) is -1.07. The lowest BCUT2D eigenvalue weighted by Crippen LogP contribution is -2.67. The first-order valence-electron chi connectivity index (χ1n) is 39.3. The van der Waals surface area contributed by atoms with Gasteiger partial charge in [-0.1, -0.05) is 251 Å². The summed E-state index contributed by atoms with van der Waals surface area (Å²) in [6.07, 6.45) is 39.7. The molecule has 580 valence electrons. The Bertz CT molecular complexity index is 2170. The first-order chi connectivity index (χ1) is 48.8. The molecule has 0 aromatic carbocycles. The Morgan fingerprint density at radius 3 is 1.59 bits per heavy atom. The van der Waals surface area contributed by atoms with Crippen LogP contribution >= 0.6 is 7.82 Å². The standard InChI is InChI=1S/C79H141N2O18P/c1-11-19-23-27-30-33-34-35-36-37-38-40-42-46-50-54-70(83)80-73-77(91-61-55-66(88-10)53-49-44-26-22-14-4)75(99-100(86,93-58-17-7)94-59-18-8)69(64-87-9)95-78(73)98-97-68-63-67(89-56-15-5)72(81-71(84)62-65(82)52-48-45-41-39-31-28-24-20-12-2)76(74(68)96-79(85)92-57-16-6)90-60-51-47-43-32-29-25-21-13-3/h15-18,33-34,56,66-69,72-78H,6-8,11-14,19-32,35-55,57-64H2,1-5,9-10H3,(H,80,83)(H,81,84)/b34-33-,56-15-/t66?,67-,68?,69?,72-,73+,74+,75+,76?,77?,78?/m0/s1. The molecule has 0 aromatic heterocycles. The van der Waals surface area contributed by atoms with Gasteiger partial charge in [0.2, 0.25) is 18.1 Å². The van der Waals surface area contributed by atoms with Crippen LogP contribution in [0.2, 0.25) is 0 Å². The number of ether oxygens (including phenoxy) is 8. The minimum absolute atomic E-state index is 0.0868. The largest absolute Gasteiger partial charge is 0.509 e. The van der Waals surface area contributed by atoms with Crippen LogP contribution < -0.4 is 10.6 Å². The van der Waals surface area contributed by atoms with Crippen molar-refractivity contribution < 1.29 is 85.0 Å². The number of hydrogen-bond donors (Lipinski definition) is 2. The molecule has 2 amide bonds. The van der Waals surface area contributed by atoms with Crippen molar-refractivity contribution in [2.75, 3.05) is 53.9 Å². The number of ketones is 1. The normalized spacial score (nSPS) is 21.3. The number of allylic oxidation sites excluding steroid dienone is 3. The number of carbonyl (C=O) groups is 4. The zero-order valence-electron chi connectivity index (χ0n) is 63.5. The third kappa shape index (κ3) is 43.5. The molecule has 0 bridgehead atoms. The molecule has 0 spiro atoms. The number of carbonyl (C=O) groups excluding carboxylic acids is 4. The molecule has 2 N–H and O–H groups in total. The van der Waals surface area contributed by atoms with E-state index < -0.39 is 81.0 Å². The molecule has 0 radical (unpaired) electrons. The van der Waals surface area contributed by atoms with Crippen molar-refractivity contribution in [3.05, 3.63) is 62.5 Å². The lowest BCUT2D eigenvalue weighted by Gasteiger charge is -2.47. The lowest BCUT2D eigenvalue weighted by molar-refractivity contribution is -0.439. The third-order valence-corrected chi connectivity index (χ3v) is 19.7. The van der Waals surface area contributed by atoms with Crippen LogP contribution in [-0.2, 0) is 80.2 Å². The maximum atomic E-state index is 14.8. The molecular weight excluding hydrogens is 1300 g/mol. The van der Waals surface area contributed by atoms with Crippen LogP contribution in [0.15, 0.2) is 62.5 Å². The Balaban J connectivity index is 2.74. The fraction of sp³-hybridized carbons (Fsp3) is 0.823. The monoisotopic (exact) mass is 1440 g/mol. The molecule has 0 aromatic rings. The summed E-state index contributed by atoms with van der Waals surface area (Å²) in [7, 11) is -1.36. The minimum Gasteiger partial charge on any atom is -0.496 e. The lowest BCUT2D eigenvalue weighted by atomic mass is 9.84. The van der Waals surface area contributed by atoms with Gasteiger partial charge in [0.05, 0.1) is 44.6 Å². The van der Waals surface area contributed by atoms with Gasteiger partial charge in [0.1, 0.15) is 55.1 Å². The third-order valence-electron chi connectivity index (χ3n) is 18.3. The van der Waals surface area contributed by atoms with E-state index in [9.17, 15) is 23.7 Å². The van der Waals surface area contributed by atoms with Gasteiger partial charge in [-0.2, -0.15) is 0 Å². The molecular formula is C79H141N2O18P. The van der Waals surface area contributed by atoms with Gasteiger partial charge in [0.25, 0.3) is 0 Å². The van der Waals surface area contributed by atoms with Crippen LogP contribution in [0.5, 0.6) is 0 Å². The van der Waals surface area contributed by atoms with Crippen molar-refractivity contribution in [1.29, 1.82) is 0 Å². The highest BCUT2D eigenvalue weighted by Gasteiger charge is 2.55. The van der Waals surface area contributed by atoms with Crippen LogP contribution in [0.1, 0.15) is 298 Å². The van der Waals surface area contributed by atoms with Crippen LogP contribution in [0.25, 0.3) is 0 Å². The van der Waals surface area contributed by atoms with Crippen molar-refractivity contribution in [3.8, 4) is 0 Å². The Morgan fingerprint density at radius 2 is 1.04 bits per heavy atom.